The average molecular weight is 207 g/mol. The van der Waals surface area contributed by atoms with E-state index in [0.29, 0.717) is 6.61 Å². The van der Waals surface area contributed by atoms with Gasteiger partial charge in [0.1, 0.15) is 0 Å². The van der Waals surface area contributed by atoms with Gasteiger partial charge in [0.05, 0.1) is 18.8 Å². The molecule has 0 aromatic heterocycles. The molecule has 1 heterocycles. The highest BCUT2D eigenvalue weighted by Crippen LogP contribution is 2.18. The van der Waals surface area contributed by atoms with Crippen molar-refractivity contribution in [2.24, 2.45) is 0 Å². The first-order valence-corrected chi connectivity index (χ1v) is 5.32. The highest BCUT2D eigenvalue weighted by Gasteiger charge is 2.33. The molecule has 0 unspecified atom stereocenters. The second-order valence-electron chi connectivity index (χ2n) is 4.08. The third-order valence-corrected chi connectivity index (χ3v) is 2.92. The lowest BCUT2D eigenvalue weighted by Gasteiger charge is -2.26. The van der Waals surface area contributed by atoms with Crippen molar-refractivity contribution in [3.8, 4) is 0 Å². The molecule has 1 aliphatic heterocycles. The fraction of sp³-hybridized carbons (Fsp3) is 0.500. The SMILES string of the molecule is OC[C@@]1(NCc2ccccc2)CCOC1. The fourth-order valence-corrected chi connectivity index (χ4v) is 1.81. The summed E-state index contributed by atoms with van der Waals surface area (Å²) in [6.07, 6.45) is 0.885. The number of hydrogen-bond donors (Lipinski definition) is 2. The van der Waals surface area contributed by atoms with Crippen molar-refractivity contribution in [1.82, 2.24) is 5.32 Å². The van der Waals surface area contributed by atoms with E-state index in [2.05, 4.69) is 17.4 Å². The van der Waals surface area contributed by atoms with E-state index < -0.39 is 0 Å². The molecule has 2 N–H and O–H groups in total. The lowest BCUT2D eigenvalue weighted by molar-refractivity contribution is 0.120. The van der Waals surface area contributed by atoms with Crippen molar-refractivity contribution in [3.63, 3.8) is 0 Å². The summed E-state index contributed by atoms with van der Waals surface area (Å²) in [6.45, 7) is 2.27. The molecule has 2 rings (SSSR count). The summed E-state index contributed by atoms with van der Waals surface area (Å²) in [7, 11) is 0. The number of rotatable bonds is 4. The van der Waals surface area contributed by atoms with Crippen molar-refractivity contribution in [3.05, 3.63) is 35.9 Å². The minimum Gasteiger partial charge on any atom is -0.394 e. The molecule has 0 spiro atoms. The molecule has 1 fully saturated rings. The first-order chi connectivity index (χ1) is 7.35. The van der Waals surface area contributed by atoms with Crippen LogP contribution in [0.5, 0.6) is 0 Å². The maximum atomic E-state index is 9.35. The molecule has 82 valence electrons. The quantitative estimate of drug-likeness (QED) is 0.771. The van der Waals surface area contributed by atoms with Crippen LogP contribution < -0.4 is 5.32 Å². The van der Waals surface area contributed by atoms with Crippen LogP contribution in [0.3, 0.4) is 0 Å². The van der Waals surface area contributed by atoms with Crippen molar-refractivity contribution in [2.75, 3.05) is 19.8 Å². The molecule has 0 amide bonds. The summed E-state index contributed by atoms with van der Waals surface area (Å²) in [5.74, 6) is 0. The van der Waals surface area contributed by atoms with E-state index in [0.717, 1.165) is 19.6 Å². The minimum absolute atomic E-state index is 0.139. The van der Waals surface area contributed by atoms with Crippen molar-refractivity contribution in [2.45, 2.75) is 18.5 Å². The number of nitrogens with one attached hydrogen (secondary N) is 1. The second-order valence-corrected chi connectivity index (χ2v) is 4.08. The maximum absolute atomic E-state index is 9.35. The zero-order valence-corrected chi connectivity index (χ0v) is 8.78. The third kappa shape index (κ3) is 2.56. The van der Waals surface area contributed by atoms with Gasteiger partial charge in [-0.25, -0.2) is 0 Å². The van der Waals surface area contributed by atoms with Gasteiger partial charge in [0.2, 0.25) is 0 Å². The fourth-order valence-electron chi connectivity index (χ4n) is 1.81. The van der Waals surface area contributed by atoms with Crippen LogP contribution in [0, 0.1) is 0 Å². The van der Waals surface area contributed by atoms with E-state index in [1.165, 1.54) is 5.56 Å². The molecule has 0 bridgehead atoms. The van der Waals surface area contributed by atoms with Gasteiger partial charge in [-0.3, -0.25) is 0 Å². The van der Waals surface area contributed by atoms with E-state index in [4.69, 9.17) is 4.74 Å². The van der Waals surface area contributed by atoms with E-state index in [-0.39, 0.29) is 12.1 Å². The molecule has 0 aliphatic carbocycles. The van der Waals surface area contributed by atoms with Crippen LogP contribution in [0.2, 0.25) is 0 Å². The topological polar surface area (TPSA) is 41.5 Å². The molecule has 1 atom stereocenters. The molecule has 0 saturated carbocycles. The zero-order chi connectivity index (χ0) is 10.6. The molecule has 3 heteroatoms. The summed E-state index contributed by atoms with van der Waals surface area (Å²) < 4.78 is 5.32. The molecule has 1 aliphatic rings. The van der Waals surface area contributed by atoms with Gasteiger partial charge in [0.25, 0.3) is 0 Å². The van der Waals surface area contributed by atoms with Crippen LogP contribution in [0.4, 0.5) is 0 Å². The van der Waals surface area contributed by atoms with E-state index in [1.54, 1.807) is 0 Å². The van der Waals surface area contributed by atoms with Crippen LogP contribution in [0.1, 0.15) is 12.0 Å². The third-order valence-electron chi connectivity index (χ3n) is 2.92. The van der Waals surface area contributed by atoms with Gasteiger partial charge in [-0.05, 0) is 12.0 Å². The highest BCUT2D eigenvalue weighted by molar-refractivity contribution is 5.14. The molecular formula is C12H17NO2. The zero-order valence-electron chi connectivity index (χ0n) is 8.78. The Morgan fingerprint density at radius 3 is 2.73 bits per heavy atom. The Labute approximate surface area is 90.1 Å². The minimum atomic E-state index is -0.226. The normalized spacial score (nSPS) is 25.7. The molecule has 1 aromatic carbocycles. The Bertz CT molecular complexity index is 294. The van der Waals surface area contributed by atoms with Gasteiger partial charge in [-0.2, -0.15) is 0 Å². The van der Waals surface area contributed by atoms with Crippen LogP contribution >= 0.6 is 0 Å². The molecule has 0 radical (unpaired) electrons. The molecule has 1 aromatic rings. The average Bonchev–Trinajstić information content (AvgIpc) is 2.77. The first kappa shape index (κ1) is 10.6. The Kier molecular flexibility index (Phi) is 3.36. The molecule has 3 nitrogen and oxygen atoms in total. The van der Waals surface area contributed by atoms with E-state index >= 15 is 0 Å². The van der Waals surface area contributed by atoms with Crippen LogP contribution in [-0.4, -0.2) is 30.5 Å². The van der Waals surface area contributed by atoms with Gasteiger partial charge in [-0.1, -0.05) is 30.3 Å². The van der Waals surface area contributed by atoms with Gasteiger partial charge in [-0.15, -0.1) is 0 Å². The monoisotopic (exact) mass is 207 g/mol. The van der Waals surface area contributed by atoms with E-state index in [1.807, 2.05) is 18.2 Å². The largest absolute Gasteiger partial charge is 0.394 e. The Hall–Kier alpha value is -0.900. The maximum Gasteiger partial charge on any atom is 0.0675 e. The number of hydrogen-bond acceptors (Lipinski definition) is 3. The Balaban J connectivity index is 1.92. The smallest absolute Gasteiger partial charge is 0.0675 e. The van der Waals surface area contributed by atoms with Crippen LogP contribution in [0.25, 0.3) is 0 Å². The highest BCUT2D eigenvalue weighted by atomic mass is 16.5. The number of benzene rings is 1. The lowest BCUT2D eigenvalue weighted by atomic mass is 9.99. The second kappa shape index (κ2) is 4.75. The van der Waals surface area contributed by atoms with Gasteiger partial charge < -0.3 is 15.2 Å². The summed E-state index contributed by atoms with van der Waals surface area (Å²) in [5, 5.41) is 12.7. The van der Waals surface area contributed by atoms with Crippen molar-refractivity contribution >= 4 is 0 Å². The summed E-state index contributed by atoms with van der Waals surface area (Å²) in [5.41, 5.74) is 1.01. The standard InChI is InChI=1S/C12H17NO2/c14-9-12(6-7-15-10-12)13-8-11-4-2-1-3-5-11/h1-5,13-14H,6-10H2/t12-/m0/s1. The Morgan fingerprint density at radius 1 is 1.33 bits per heavy atom. The first-order valence-electron chi connectivity index (χ1n) is 5.32. The predicted molar refractivity (Wildman–Crippen MR) is 58.5 cm³/mol. The predicted octanol–water partition coefficient (Wildman–Crippen LogP) is 0.928. The Morgan fingerprint density at radius 2 is 2.13 bits per heavy atom. The summed E-state index contributed by atoms with van der Waals surface area (Å²) in [4.78, 5) is 0. The number of aliphatic hydroxyl groups is 1. The van der Waals surface area contributed by atoms with Crippen LogP contribution in [0.15, 0.2) is 30.3 Å². The number of ether oxygens (including phenoxy) is 1. The van der Waals surface area contributed by atoms with Gasteiger partial charge in [0.15, 0.2) is 0 Å². The summed E-state index contributed by atoms with van der Waals surface area (Å²) >= 11 is 0. The van der Waals surface area contributed by atoms with Crippen molar-refractivity contribution in [1.29, 1.82) is 0 Å². The van der Waals surface area contributed by atoms with Crippen LogP contribution in [-0.2, 0) is 11.3 Å². The molecule has 1 saturated heterocycles. The van der Waals surface area contributed by atoms with Gasteiger partial charge in [0, 0.05) is 13.2 Å². The lowest BCUT2D eigenvalue weighted by Crippen LogP contribution is -2.48. The molecular weight excluding hydrogens is 190 g/mol. The van der Waals surface area contributed by atoms with Crippen molar-refractivity contribution < 1.29 is 9.84 Å². The van der Waals surface area contributed by atoms with Gasteiger partial charge >= 0.3 is 0 Å². The molecule has 15 heavy (non-hydrogen) atoms. The number of aliphatic hydroxyl groups excluding tert-OH is 1. The summed E-state index contributed by atoms with van der Waals surface area (Å²) in [6, 6.07) is 10.2. The van der Waals surface area contributed by atoms with E-state index in [9.17, 15) is 5.11 Å².